The number of nitrogens with zero attached hydrogens (tertiary/aromatic N) is 4. The summed E-state index contributed by atoms with van der Waals surface area (Å²) < 4.78 is 11.3. The maximum atomic E-state index is 12.2. The Morgan fingerprint density at radius 2 is 2.22 bits per heavy atom. The van der Waals surface area contributed by atoms with Crippen molar-refractivity contribution in [2.45, 2.75) is 13.8 Å². The van der Waals surface area contributed by atoms with Gasteiger partial charge in [0.2, 0.25) is 0 Å². The maximum Gasteiger partial charge on any atom is 0.344 e. The molecule has 3 rings (SSSR count). The van der Waals surface area contributed by atoms with E-state index in [0.717, 1.165) is 0 Å². The second kappa shape index (κ2) is 5.87. The van der Waals surface area contributed by atoms with Gasteiger partial charge in [-0.3, -0.25) is 4.79 Å². The van der Waals surface area contributed by atoms with E-state index in [4.69, 9.17) is 9.26 Å². The number of amides is 1. The Kier molecular flexibility index (Phi) is 3.75. The normalized spacial score (nSPS) is 10.7. The minimum atomic E-state index is -0.664. The third-order valence-electron chi connectivity index (χ3n) is 3.00. The SMILES string of the molecule is Cc1cc(NC(=O)COC(=O)c2c(C)nn3cccnc23)no1. The van der Waals surface area contributed by atoms with Gasteiger partial charge in [-0.1, -0.05) is 5.16 Å². The van der Waals surface area contributed by atoms with Crippen LogP contribution in [0.25, 0.3) is 5.65 Å². The summed E-state index contributed by atoms with van der Waals surface area (Å²) in [5, 5.41) is 10.2. The number of nitrogens with one attached hydrogen (secondary N) is 1. The van der Waals surface area contributed by atoms with Gasteiger partial charge in [-0.05, 0) is 19.9 Å². The lowest BCUT2D eigenvalue weighted by Gasteiger charge is -2.04. The zero-order valence-corrected chi connectivity index (χ0v) is 12.4. The van der Waals surface area contributed by atoms with Crippen LogP contribution in [0.5, 0.6) is 0 Å². The van der Waals surface area contributed by atoms with Crippen molar-refractivity contribution in [3.05, 3.63) is 41.5 Å². The van der Waals surface area contributed by atoms with Crippen molar-refractivity contribution >= 4 is 23.3 Å². The van der Waals surface area contributed by atoms with Crippen LogP contribution >= 0.6 is 0 Å². The number of fused-ring (bicyclic) bond motifs is 1. The fraction of sp³-hybridized carbons (Fsp3) is 0.214. The van der Waals surface area contributed by atoms with E-state index in [9.17, 15) is 9.59 Å². The summed E-state index contributed by atoms with van der Waals surface area (Å²) in [6, 6.07) is 3.25. The number of aromatic nitrogens is 4. The van der Waals surface area contributed by atoms with E-state index in [1.54, 1.807) is 38.4 Å². The van der Waals surface area contributed by atoms with Crippen molar-refractivity contribution in [1.29, 1.82) is 0 Å². The number of hydrogen-bond donors (Lipinski definition) is 1. The van der Waals surface area contributed by atoms with Gasteiger partial charge in [0.15, 0.2) is 18.1 Å². The van der Waals surface area contributed by atoms with E-state index in [1.165, 1.54) is 4.52 Å². The number of rotatable bonds is 4. The van der Waals surface area contributed by atoms with Crippen molar-refractivity contribution in [1.82, 2.24) is 19.8 Å². The lowest BCUT2D eigenvalue weighted by atomic mass is 10.2. The summed E-state index contributed by atoms with van der Waals surface area (Å²) >= 11 is 0. The molecule has 3 aromatic heterocycles. The summed E-state index contributed by atoms with van der Waals surface area (Å²) in [6.07, 6.45) is 3.22. The van der Waals surface area contributed by atoms with Crippen molar-refractivity contribution in [3.63, 3.8) is 0 Å². The summed E-state index contributed by atoms with van der Waals surface area (Å²) in [5.41, 5.74) is 1.08. The third kappa shape index (κ3) is 3.03. The van der Waals surface area contributed by atoms with Gasteiger partial charge in [-0.15, -0.1) is 0 Å². The second-order valence-electron chi connectivity index (χ2n) is 4.80. The first-order valence-corrected chi connectivity index (χ1v) is 6.75. The van der Waals surface area contributed by atoms with E-state index < -0.39 is 18.5 Å². The van der Waals surface area contributed by atoms with Gasteiger partial charge >= 0.3 is 5.97 Å². The Labute approximate surface area is 130 Å². The van der Waals surface area contributed by atoms with E-state index in [2.05, 4.69) is 20.6 Å². The molecule has 0 radical (unpaired) electrons. The molecule has 0 saturated carbocycles. The Hall–Kier alpha value is -3.23. The molecule has 0 unspecified atom stereocenters. The minimum absolute atomic E-state index is 0.232. The molecular weight excluding hydrogens is 302 g/mol. The summed E-state index contributed by atoms with van der Waals surface area (Å²) in [6.45, 7) is 2.92. The molecular formula is C14H13N5O4. The molecule has 3 heterocycles. The lowest BCUT2D eigenvalue weighted by Crippen LogP contribution is -2.21. The summed E-state index contributed by atoms with van der Waals surface area (Å²) in [4.78, 5) is 28.0. The lowest BCUT2D eigenvalue weighted by molar-refractivity contribution is -0.119. The number of aryl methyl sites for hydroxylation is 2. The molecule has 0 spiro atoms. The number of carbonyl (C=O) groups excluding carboxylic acids is 2. The van der Waals surface area contributed by atoms with Gasteiger partial charge in [-0.2, -0.15) is 5.10 Å². The van der Waals surface area contributed by atoms with E-state index in [-0.39, 0.29) is 11.4 Å². The highest BCUT2D eigenvalue weighted by molar-refractivity contribution is 5.99. The fourth-order valence-corrected chi connectivity index (χ4v) is 2.04. The van der Waals surface area contributed by atoms with Gasteiger partial charge in [0.05, 0.1) is 5.69 Å². The number of carbonyl (C=O) groups is 2. The smallest absolute Gasteiger partial charge is 0.344 e. The predicted molar refractivity (Wildman–Crippen MR) is 77.9 cm³/mol. The van der Waals surface area contributed by atoms with Crippen LogP contribution in [0.1, 0.15) is 21.8 Å². The molecule has 23 heavy (non-hydrogen) atoms. The fourth-order valence-electron chi connectivity index (χ4n) is 2.04. The van der Waals surface area contributed by atoms with Crippen molar-refractivity contribution in [3.8, 4) is 0 Å². The number of esters is 1. The summed E-state index contributed by atoms with van der Waals surface area (Å²) in [5.74, 6) is -0.362. The molecule has 9 heteroatoms. The molecule has 0 aromatic carbocycles. The maximum absolute atomic E-state index is 12.2. The second-order valence-corrected chi connectivity index (χ2v) is 4.80. The van der Waals surface area contributed by atoms with Crippen molar-refractivity contribution in [2.75, 3.05) is 11.9 Å². The number of anilines is 1. The van der Waals surface area contributed by atoms with Crippen LogP contribution in [0, 0.1) is 13.8 Å². The van der Waals surface area contributed by atoms with Crippen LogP contribution in [-0.2, 0) is 9.53 Å². The minimum Gasteiger partial charge on any atom is -0.452 e. The first-order chi connectivity index (χ1) is 11.0. The molecule has 3 aromatic rings. The Balaban J connectivity index is 1.67. The van der Waals surface area contributed by atoms with Gasteiger partial charge in [0, 0.05) is 18.5 Å². The van der Waals surface area contributed by atoms with Crippen LogP contribution in [0.15, 0.2) is 29.0 Å². The zero-order valence-electron chi connectivity index (χ0n) is 12.4. The monoisotopic (exact) mass is 315 g/mol. The van der Waals surface area contributed by atoms with Crippen LogP contribution in [-0.4, -0.2) is 38.2 Å². The molecule has 1 amide bonds. The van der Waals surface area contributed by atoms with Crippen LogP contribution in [0.2, 0.25) is 0 Å². The molecule has 0 aliphatic rings. The Morgan fingerprint density at radius 3 is 2.96 bits per heavy atom. The highest BCUT2D eigenvalue weighted by atomic mass is 16.5. The molecule has 0 aliphatic heterocycles. The Bertz CT molecular complexity index is 882. The highest BCUT2D eigenvalue weighted by Crippen LogP contribution is 2.14. The molecule has 0 atom stereocenters. The van der Waals surface area contributed by atoms with E-state index in [0.29, 0.717) is 17.1 Å². The Morgan fingerprint density at radius 1 is 1.39 bits per heavy atom. The van der Waals surface area contributed by atoms with Gasteiger partial charge < -0.3 is 14.6 Å². The number of hydrogen-bond acceptors (Lipinski definition) is 7. The van der Waals surface area contributed by atoms with Crippen LogP contribution in [0.4, 0.5) is 5.82 Å². The quantitative estimate of drug-likeness (QED) is 0.718. The first-order valence-electron chi connectivity index (χ1n) is 6.75. The van der Waals surface area contributed by atoms with Gasteiger partial charge in [0.25, 0.3) is 5.91 Å². The van der Waals surface area contributed by atoms with Gasteiger partial charge in [0.1, 0.15) is 11.3 Å². The van der Waals surface area contributed by atoms with Gasteiger partial charge in [-0.25, -0.2) is 14.3 Å². The standard InChI is InChI=1S/C14H13N5O4/c1-8-6-10(18-23-8)16-11(20)7-22-14(21)12-9(2)17-19-5-3-4-15-13(12)19/h3-6H,7H2,1-2H3,(H,16,18,20). The largest absolute Gasteiger partial charge is 0.452 e. The van der Waals surface area contributed by atoms with E-state index >= 15 is 0 Å². The third-order valence-corrected chi connectivity index (χ3v) is 3.00. The van der Waals surface area contributed by atoms with Crippen LogP contribution < -0.4 is 5.32 Å². The average molecular weight is 315 g/mol. The predicted octanol–water partition coefficient (Wildman–Crippen LogP) is 1.13. The molecule has 0 fully saturated rings. The van der Waals surface area contributed by atoms with E-state index in [1.807, 2.05) is 0 Å². The first kappa shape index (κ1) is 14.7. The van der Waals surface area contributed by atoms with Crippen molar-refractivity contribution in [2.24, 2.45) is 0 Å². The molecule has 118 valence electrons. The molecule has 0 aliphatic carbocycles. The topological polar surface area (TPSA) is 112 Å². The molecule has 0 bridgehead atoms. The average Bonchev–Trinajstić information content (AvgIpc) is 3.07. The number of ether oxygens (including phenoxy) is 1. The summed E-state index contributed by atoms with van der Waals surface area (Å²) in [7, 11) is 0. The van der Waals surface area contributed by atoms with Crippen molar-refractivity contribution < 1.29 is 18.8 Å². The zero-order chi connectivity index (χ0) is 16.4. The van der Waals surface area contributed by atoms with Crippen LogP contribution in [0.3, 0.4) is 0 Å². The molecule has 0 saturated heterocycles. The molecule has 9 nitrogen and oxygen atoms in total. The highest BCUT2D eigenvalue weighted by Gasteiger charge is 2.20. The molecule has 1 N–H and O–H groups in total.